The molecule has 0 unspecified atom stereocenters. The second-order valence-corrected chi connectivity index (χ2v) is 24.6. The molecule has 0 atom stereocenters. The van der Waals surface area contributed by atoms with Gasteiger partial charge in [-0.2, -0.15) is 0 Å². The van der Waals surface area contributed by atoms with Gasteiger partial charge in [-0.25, -0.2) is 0 Å². The van der Waals surface area contributed by atoms with E-state index in [-0.39, 0.29) is 0 Å². The zero-order valence-electron chi connectivity index (χ0n) is 55.1. The molecule has 10 rings (SSSR count). The average Bonchev–Trinajstić information content (AvgIpc) is 1.05. The van der Waals surface area contributed by atoms with Gasteiger partial charge in [-0.1, -0.05) is 173 Å². The summed E-state index contributed by atoms with van der Waals surface area (Å²) >= 11 is 0. The SMILES string of the molecule is CCCCc1cc(C)c(N(c2ccc(C)cc2)c2ccc(N(c3ccc(C)cc3)c3c(C)cc(CCCC)cc3C)cc2)c(C)c1.CCCCc1cccc(N(c2ccc(C)cc2)c2ccc(N(c3ccc(C)cc3)c3cccc(CCCC)c3)cc2)c1. The number of unbranched alkanes of at least 4 members (excludes halogenated alkanes) is 4. The van der Waals surface area contributed by atoms with Gasteiger partial charge in [0.2, 0.25) is 0 Å². The maximum Gasteiger partial charge on any atom is 0.0520 e. The average molecular weight is 1160 g/mol. The van der Waals surface area contributed by atoms with E-state index < -0.39 is 0 Å². The molecule has 0 aliphatic rings. The fraction of sp³-hybridized carbons (Fsp3) is 0.286. The number of anilines is 12. The number of hydrogen-bond donors (Lipinski definition) is 0. The van der Waals surface area contributed by atoms with E-state index in [9.17, 15) is 0 Å². The third kappa shape index (κ3) is 16.1. The lowest BCUT2D eigenvalue weighted by atomic mass is 9.98. The second kappa shape index (κ2) is 30.8. The second-order valence-electron chi connectivity index (χ2n) is 24.6. The van der Waals surface area contributed by atoms with Gasteiger partial charge in [0.15, 0.2) is 0 Å². The monoisotopic (exact) mass is 1160 g/mol. The lowest BCUT2D eigenvalue weighted by Crippen LogP contribution is -2.15. The largest absolute Gasteiger partial charge is 0.310 e. The molecule has 4 nitrogen and oxygen atoms in total. The van der Waals surface area contributed by atoms with E-state index in [1.54, 1.807) is 0 Å². The molecule has 0 spiro atoms. The maximum atomic E-state index is 2.44. The topological polar surface area (TPSA) is 13.0 Å². The molecule has 10 aromatic rings. The minimum atomic E-state index is 1.11. The molecule has 0 aliphatic heterocycles. The Hall–Kier alpha value is -8.60. The Bertz CT molecular complexity index is 3500. The molecule has 10 aromatic carbocycles. The third-order valence-corrected chi connectivity index (χ3v) is 17.1. The zero-order chi connectivity index (χ0) is 62.1. The molecule has 0 amide bonds. The summed E-state index contributed by atoms with van der Waals surface area (Å²) in [5.41, 5.74) is 30.2. The van der Waals surface area contributed by atoms with Crippen molar-refractivity contribution in [1.29, 1.82) is 0 Å². The summed E-state index contributed by atoms with van der Waals surface area (Å²) in [4.78, 5) is 9.62. The van der Waals surface area contributed by atoms with Crippen LogP contribution in [0.4, 0.5) is 68.2 Å². The van der Waals surface area contributed by atoms with Crippen molar-refractivity contribution in [3.63, 3.8) is 0 Å². The van der Waals surface area contributed by atoms with E-state index in [0.29, 0.717) is 0 Å². The molecule has 0 fully saturated rings. The van der Waals surface area contributed by atoms with Gasteiger partial charge in [-0.15, -0.1) is 0 Å². The predicted molar refractivity (Wildman–Crippen MR) is 384 cm³/mol. The van der Waals surface area contributed by atoms with Crippen LogP contribution in [0.15, 0.2) is 218 Å². The van der Waals surface area contributed by atoms with Crippen molar-refractivity contribution >= 4 is 68.2 Å². The number of rotatable bonds is 24. The van der Waals surface area contributed by atoms with E-state index in [1.807, 2.05) is 0 Å². The highest BCUT2D eigenvalue weighted by Gasteiger charge is 2.23. The van der Waals surface area contributed by atoms with Gasteiger partial charge in [0.25, 0.3) is 0 Å². The first kappa shape index (κ1) is 63.9. The summed E-state index contributed by atoms with van der Waals surface area (Å²) in [6, 6.07) is 81.4. The van der Waals surface area contributed by atoms with Crippen molar-refractivity contribution in [3.05, 3.63) is 285 Å². The molecule has 4 heteroatoms. The number of benzene rings is 10. The molecular weight excluding hydrogens is 1060 g/mol. The summed E-state index contributed by atoms with van der Waals surface area (Å²) in [7, 11) is 0. The summed E-state index contributed by atoms with van der Waals surface area (Å²) in [6.45, 7) is 26.7. The van der Waals surface area contributed by atoms with Gasteiger partial charge in [0, 0.05) is 56.9 Å². The van der Waals surface area contributed by atoms with Crippen molar-refractivity contribution in [2.45, 2.75) is 160 Å². The Morgan fingerprint density at radius 1 is 0.216 bits per heavy atom. The minimum absolute atomic E-state index is 1.11. The highest BCUT2D eigenvalue weighted by Crippen LogP contribution is 2.45. The Labute approximate surface area is 530 Å². The zero-order valence-corrected chi connectivity index (χ0v) is 55.1. The van der Waals surface area contributed by atoms with E-state index in [4.69, 9.17) is 0 Å². The van der Waals surface area contributed by atoms with Crippen molar-refractivity contribution in [2.24, 2.45) is 0 Å². The van der Waals surface area contributed by atoms with Crippen LogP contribution in [0.2, 0.25) is 0 Å². The first-order valence-electron chi connectivity index (χ1n) is 32.8. The van der Waals surface area contributed by atoms with Crippen molar-refractivity contribution in [3.8, 4) is 0 Å². The summed E-state index contributed by atoms with van der Waals surface area (Å²) in [6.07, 6.45) is 14.1. The molecule has 88 heavy (non-hydrogen) atoms. The van der Waals surface area contributed by atoms with Crippen LogP contribution in [0.3, 0.4) is 0 Å². The number of hydrogen-bond acceptors (Lipinski definition) is 4. The fourth-order valence-electron chi connectivity index (χ4n) is 12.3. The van der Waals surface area contributed by atoms with Crippen molar-refractivity contribution in [2.75, 3.05) is 19.6 Å². The fourth-order valence-corrected chi connectivity index (χ4v) is 12.3. The Kier molecular flexibility index (Phi) is 22.4. The summed E-state index contributed by atoms with van der Waals surface area (Å²) < 4.78 is 0. The normalized spacial score (nSPS) is 11.0. The van der Waals surface area contributed by atoms with Gasteiger partial charge < -0.3 is 19.6 Å². The summed E-state index contributed by atoms with van der Waals surface area (Å²) in [5, 5.41) is 0. The van der Waals surface area contributed by atoms with Crippen LogP contribution >= 0.6 is 0 Å². The number of nitrogens with zero attached hydrogens (tertiary/aromatic N) is 4. The van der Waals surface area contributed by atoms with E-state index >= 15 is 0 Å². The van der Waals surface area contributed by atoms with Crippen LogP contribution in [-0.2, 0) is 25.7 Å². The first-order valence-corrected chi connectivity index (χ1v) is 32.8. The molecule has 0 bridgehead atoms. The standard InChI is InChI=1S/C44H52N2.C40H44N2/c1-9-11-13-37-27-33(5)43(34(6)28-37)45(39-19-15-31(3)16-20-39)41-23-25-42(26-24-41)46(40-21-17-32(4)18-22-40)44-35(7)29-38(14-12-10-2)30-36(44)8;1-5-7-11-33-13-9-15-39(29-33)41(35-21-17-31(3)18-22-35)37-25-27-38(28-26-37)42(36-23-19-32(4)20-24-36)40-16-10-14-34(30-40)12-8-6-2/h15-30H,9-14H2,1-8H3;9-10,13-30H,5-8,11-12H2,1-4H3. The van der Waals surface area contributed by atoms with Crippen LogP contribution < -0.4 is 19.6 Å². The highest BCUT2D eigenvalue weighted by molar-refractivity contribution is 5.86. The lowest BCUT2D eigenvalue weighted by Gasteiger charge is -2.31. The molecule has 452 valence electrons. The number of aryl methyl sites for hydroxylation is 12. The van der Waals surface area contributed by atoms with Gasteiger partial charge in [-0.05, 0) is 273 Å². The summed E-state index contributed by atoms with van der Waals surface area (Å²) in [5.74, 6) is 0. The Balaban J connectivity index is 0.000000210. The highest BCUT2D eigenvalue weighted by atomic mass is 15.2. The first-order chi connectivity index (χ1) is 42.7. The quantitative estimate of drug-likeness (QED) is 0.0598. The van der Waals surface area contributed by atoms with Crippen molar-refractivity contribution < 1.29 is 0 Å². The van der Waals surface area contributed by atoms with Gasteiger partial charge in [0.1, 0.15) is 0 Å². The predicted octanol–water partition coefficient (Wildman–Crippen LogP) is 25.1. The Morgan fingerprint density at radius 3 is 0.670 bits per heavy atom. The van der Waals surface area contributed by atoms with Crippen LogP contribution in [0.1, 0.15) is 146 Å². The van der Waals surface area contributed by atoms with E-state index in [2.05, 4.69) is 321 Å². The molecule has 0 saturated heterocycles. The molecule has 0 N–H and O–H groups in total. The molecule has 0 heterocycles. The lowest BCUT2D eigenvalue weighted by molar-refractivity contribution is 0.794. The van der Waals surface area contributed by atoms with Gasteiger partial charge in [-0.3, -0.25) is 0 Å². The third-order valence-electron chi connectivity index (χ3n) is 17.1. The van der Waals surface area contributed by atoms with E-state index in [0.717, 1.165) is 48.4 Å². The van der Waals surface area contributed by atoms with Crippen LogP contribution in [0.25, 0.3) is 0 Å². The maximum absolute atomic E-state index is 2.44. The molecular formula is C84H96N4. The van der Waals surface area contributed by atoms with Gasteiger partial charge in [0.05, 0.1) is 11.4 Å². The van der Waals surface area contributed by atoms with Gasteiger partial charge >= 0.3 is 0 Å². The van der Waals surface area contributed by atoms with Crippen LogP contribution in [0.5, 0.6) is 0 Å². The van der Waals surface area contributed by atoms with Crippen molar-refractivity contribution in [1.82, 2.24) is 0 Å². The van der Waals surface area contributed by atoms with Crippen LogP contribution in [-0.4, -0.2) is 0 Å². The molecule has 0 aliphatic carbocycles. The van der Waals surface area contributed by atoms with Crippen LogP contribution in [0, 0.1) is 55.4 Å². The molecule has 0 aromatic heterocycles. The Morgan fingerprint density at radius 2 is 0.432 bits per heavy atom. The van der Waals surface area contributed by atoms with E-state index in [1.165, 1.54) is 164 Å². The molecule has 0 saturated carbocycles. The smallest absolute Gasteiger partial charge is 0.0520 e. The molecule has 0 radical (unpaired) electrons. The minimum Gasteiger partial charge on any atom is -0.310 e.